The van der Waals surface area contributed by atoms with Crippen LogP contribution >= 0.6 is 0 Å². The Morgan fingerprint density at radius 1 is 1.29 bits per heavy atom. The molecule has 0 amide bonds. The van der Waals surface area contributed by atoms with Crippen LogP contribution in [0.3, 0.4) is 0 Å². The average Bonchev–Trinajstić information content (AvgIpc) is 2.29. The Morgan fingerprint density at radius 2 is 1.94 bits per heavy atom. The maximum absolute atomic E-state index is 10.6. The number of ether oxygens (including phenoxy) is 2. The van der Waals surface area contributed by atoms with Crippen molar-refractivity contribution >= 4 is 0 Å². The van der Waals surface area contributed by atoms with Gasteiger partial charge < -0.3 is 14.6 Å². The van der Waals surface area contributed by atoms with Crippen LogP contribution in [-0.2, 0) is 15.1 Å². The predicted molar refractivity (Wildman–Crippen MR) is 65.5 cm³/mol. The molecule has 1 heterocycles. The van der Waals surface area contributed by atoms with Crippen LogP contribution in [0.4, 0.5) is 0 Å². The molecule has 17 heavy (non-hydrogen) atoms. The van der Waals surface area contributed by atoms with E-state index in [-0.39, 0.29) is 5.60 Å². The zero-order valence-corrected chi connectivity index (χ0v) is 10.6. The minimum Gasteiger partial charge on any atom is -0.380 e. The van der Waals surface area contributed by atoms with Crippen molar-refractivity contribution in [3.8, 4) is 0 Å². The lowest BCUT2D eigenvalue weighted by atomic mass is 9.93. The average molecular weight is 236 g/mol. The van der Waals surface area contributed by atoms with Gasteiger partial charge in [0.2, 0.25) is 0 Å². The molecule has 3 nitrogen and oxygen atoms in total. The van der Waals surface area contributed by atoms with E-state index in [2.05, 4.69) is 0 Å². The van der Waals surface area contributed by atoms with Gasteiger partial charge in [-0.15, -0.1) is 0 Å². The fraction of sp³-hybridized carbons (Fsp3) is 0.571. The largest absolute Gasteiger partial charge is 0.380 e. The summed E-state index contributed by atoms with van der Waals surface area (Å²) in [7, 11) is 0. The molecule has 1 N–H and O–H groups in total. The molecule has 0 saturated carbocycles. The molecule has 1 fully saturated rings. The predicted octanol–water partition coefficient (Wildman–Crippen LogP) is 2.44. The summed E-state index contributed by atoms with van der Waals surface area (Å²) in [5.41, 5.74) is -0.566. The Bertz CT molecular complexity index is 370. The maximum Gasteiger partial charge on any atom is 0.190 e. The molecule has 0 spiro atoms. The van der Waals surface area contributed by atoms with Crippen LogP contribution in [0.25, 0.3) is 0 Å². The molecular formula is C14H20O3. The Hall–Kier alpha value is -0.900. The van der Waals surface area contributed by atoms with Gasteiger partial charge in [-0.05, 0) is 32.8 Å². The Morgan fingerprint density at radius 3 is 2.53 bits per heavy atom. The first-order chi connectivity index (χ1) is 7.92. The van der Waals surface area contributed by atoms with Crippen molar-refractivity contribution in [3.63, 3.8) is 0 Å². The van der Waals surface area contributed by atoms with Crippen LogP contribution in [0, 0.1) is 0 Å². The molecule has 94 valence electrons. The molecular weight excluding hydrogens is 216 g/mol. The van der Waals surface area contributed by atoms with Gasteiger partial charge in [-0.2, -0.15) is 0 Å². The van der Waals surface area contributed by atoms with Gasteiger partial charge >= 0.3 is 0 Å². The van der Waals surface area contributed by atoms with Crippen molar-refractivity contribution in [1.29, 1.82) is 0 Å². The smallest absolute Gasteiger partial charge is 0.190 e. The topological polar surface area (TPSA) is 38.7 Å². The summed E-state index contributed by atoms with van der Waals surface area (Å²) in [6, 6.07) is 9.49. The first-order valence-electron chi connectivity index (χ1n) is 5.99. The highest BCUT2D eigenvalue weighted by Crippen LogP contribution is 2.34. The first kappa shape index (κ1) is 12.6. The molecule has 0 unspecified atom stereocenters. The molecule has 0 aliphatic carbocycles. The van der Waals surface area contributed by atoms with Gasteiger partial charge in [-0.3, -0.25) is 0 Å². The van der Waals surface area contributed by atoms with E-state index >= 15 is 0 Å². The van der Waals surface area contributed by atoms with Crippen LogP contribution in [-0.4, -0.2) is 23.6 Å². The minimum absolute atomic E-state index is 0.248. The molecule has 0 aromatic heterocycles. The monoisotopic (exact) mass is 236 g/mol. The van der Waals surface area contributed by atoms with Gasteiger partial charge in [-0.1, -0.05) is 30.3 Å². The summed E-state index contributed by atoms with van der Waals surface area (Å²) in [5, 5.41) is 10.6. The molecule has 1 aromatic rings. The molecule has 0 radical (unpaired) electrons. The standard InChI is InChI=1S/C14H20O3/c1-13(2)9-10-16-12(17-13)14(3,15)11-7-5-4-6-8-11/h4-8,12,15H,9-10H2,1-3H3/t12-,14-/m1/s1. The molecule has 1 aromatic carbocycles. The van der Waals surface area contributed by atoms with E-state index < -0.39 is 11.9 Å². The van der Waals surface area contributed by atoms with Crippen molar-refractivity contribution in [1.82, 2.24) is 0 Å². The highest BCUT2D eigenvalue weighted by molar-refractivity contribution is 5.22. The summed E-state index contributed by atoms with van der Waals surface area (Å²) < 4.78 is 11.4. The SMILES string of the molecule is CC1(C)CCO[C@@H]([C@](C)(O)c2ccccc2)O1. The van der Waals surface area contributed by atoms with Crippen molar-refractivity contribution < 1.29 is 14.6 Å². The highest BCUT2D eigenvalue weighted by atomic mass is 16.7. The van der Waals surface area contributed by atoms with E-state index in [9.17, 15) is 5.11 Å². The number of benzene rings is 1. The maximum atomic E-state index is 10.6. The van der Waals surface area contributed by atoms with Crippen molar-refractivity contribution in [2.75, 3.05) is 6.61 Å². The molecule has 0 bridgehead atoms. The highest BCUT2D eigenvalue weighted by Gasteiger charge is 2.41. The van der Waals surface area contributed by atoms with Gasteiger partial charge in [0, 0.05) is 0 Å². The van der Waals surface area contributed by atoms with E-state index in [4.69, 9.17) is 9.47 Å². The summed E-state index contributed by atoms with van der Waals surface area (Å²) in [6.45, 7) is 6.38. The van der Waals surface area contributed by atoms with Crippen molar-refractivity contribution in [2.45, 2.75) is 44.7 Å². The second kappa shape index (κ2) is 4.41. The summed E-state index contributed by atoms with van der Waals surface area (Å²) in [4.78, 5) is 0. The van der Waals surface area contributed by atoms with E-state index in [0.717, 1.165) is 12.0 Å². The number of aliphatic hydroxyl groups is 1. The van der Waals surface area contributed by atoms with Crippen LogP contribution in [0.5, 0.6) is 0 Å². The van der Waals surface area contributed by atoms with Gasteiger partial charge in [0.1, 0.15) is 5.60 Å². The molecule has 1 aliphatic heterocycles. The fourth-order valence-electron chi connectivity index (χ4n) is 1.98. The third kappa shape index (κ3) is 2.68. The van der Waals surface area contributed by atoms with Crippen molar-refractivity contribution in [3.05, 3.63) is 35.9 Å². The quantitative estimate of drug-likeness (QED) is 0.857. The third-order valence-corrected chi connectivity index (χ3v) is 3.22. The number of hydrogen-bond acceptors (Lipinski definition) is 3. The zero-order valence-electron chi connectivity index (χ0n) is 10.6. The zero-order chi connectivity index (χ0) is 12.5. The molecule has 3 heteroatoms. The van der Waals surface area contributed by atoms with E-state index in [1.165, 1.54) is 0 Å². The van der Waals surface area contributed by atoms with Crippen molar-refractivity contribution in [2.24, 2.45) is 0 Å². The summed E-state index contributed by atoms with van der Waals surface area (Å²) >= 11 is 0. The van der Waals surface area contributed by atoms with Gasteiger partial charge in [0.25, 0.3) is 0 Å². The number of rotatable bonds is 2. The van der Waals surface area contributed by atoms with Gasteiger partial charge in [0.05, 0.1) is 12.2 Å². The van der Waals surface area contributed by atoms with E-state index in [1.807, 2.05) is 44.2 Å². The van der Waals surface area contributed by atoms with Gasteiger partial charge in [0.15, 0.2) is 6.29 Å². The molecule has 1 saturated heterocycles. The Kier molecular flexibility index (Phi) is 3.25. The summed E-state index contributed by atoms with van der Waals surface area (Å²) in [6.07, 6.45) is 0.225. The Balaban J connectivity index is 2.21. The lowest BCUT2D eigenvalue weighted by molar-refractivity contribution is -0.306. The van der Waals surface area contributed by atoms with Crippen LogP contribution < -0.4 is 0 Å². The first-order valence-corrected chi connectivity index (χ1v) is 5.99. The summed E-state index contributed by atoms with van der Waals surface area (Å²) in [5.74, 6) is 0. The second-order valence-electron chi connectivity index (χ2n) is 5.34. The third-order valence-electron chi connectivity index (χ3n) is 3.22. The van der Waals surface area contributed by atoms with Gasteiger partial charge in [-0.25, -0.2) is 0 Å². The Labute approximate surface area is 102 Å². The second-order valence-corrected chi connectivity index (χ2v) is 5.34. The molecule has 2 atom stereocenters. The van der Waals surface area contributed by atoms with E-state index in [0.29, 0.717) is 6.61 Å². The molecule has 1 aliphatic rings. The number of hydrogen-bond donors (Lipinski definition) is 1. The van der Waals surface area contributed by atoms with Crippen LogP contribution in [0.15, 0.2) is 30.3 Å². The normalized spacial score (nSPS) is 27.4. The lowest BCUT2D eigenvalue weighted by Gasteiger charge is -2.42. The lowest BCUT2D eigenvalue weighted by Crippen LogP contribution is -2.49. The minimum atomic E-state index is -1.13. The molecule has 2 rings (SSSR count). The van der Waals surface area contributed by atoms with E-state index in [1.54, 1.807) is 6.92 Å². The van der Waals surface area contributed by atoms with Crippen LogP contribution in [0.2, 0.25) is 0 Å². The fourth-order valence-corrected chi connectivity index (χ4v) is 1.98. The van der Waals surface area contributed by atoms with Crippen LogP contribution in [0.1, 0.15) is 32.8 Å².